The molecule has 1 unspecified atom stereocenters. The largest absolute Gasteiger partial charge is 0.329 e. The van der Waals surface area contributed by atoms with Crippen molar-refractivity contribution in [3.05, 3.63) is 35.9 Å². The average molecular weight is 233 g/mol. The molecule has 94 valence electrons. The maximum Gasteiger partial charge on any atom is 0.0233 e. The van der Waals surface area contributed by atoms with E-state index in [1.807, 2.05) is 0 Å². The number of hydrogen-bond acceptors (Lipinski definition) is 3. The predicted octanol–water partition coefficient (Wildman–Crippen LogP) is 1.06. The summed E-state index contributed by atoms with van der Waals surface area (Å²) < 4.78 is 0. The Morgan fingerprint density at radius 1 is 1.29 bits per heavy atom. The topological polar surface area (TPSA) is 41.3 Å². The molecule has 0 bridgehead atoms. The minimum absolute atomic E-state index is 0.737. The number of hydrogen-bond donors (Lipinski definition) is 2. The third kappa shape index (κ3) is 4.11. The highest BCUT2D eigenvalue weighted by molar-refractivity contribution is 5.14. The molecule has 1 heterocycles. The van der Waals surface area contributed by atoms with Crippen LogP contribution in [0.5, 0.6) is 0 Å². The van der Waals surface area contributed by atoms with Gasteiger partial charge in [-0.1, -0.05) is 30.3 Å². The van der Waals surface area contributed by atoms with Crippen LogP contribution in [0.15, 0.2) is 30.3 Å². The van der Waals surface area contributed by atoms with Crippen molar-refractivity contribution in [1.29, 1.82) is 0 Å². The SMILES string of the molecule is NCCNCC1CCN(Cc2ccccc2)C1. The number of rotatable bonds is 6. The molecule has 1 aliphatic heterocycles. The van der Waals surface area contributed by atoms with Crippen molar-refractivity contribution in [2.75, 3.05) is 32.7 Å². The molecule has 0 aromatic heterocycles. The molecule has 1 fully saturated rings. The summed E-state index contributed by atoms with van der Waals surface area (Å²) in [6.07, 6.45) is 1.31. The highest BCUT2D eigenvalue weighted by Crippen LogP contribution is 2.17. The van der Waals surface area contributed by atoms with Crippen LogP contribution in [0.25, 0.3) is 0 Å². The zero-order valence-corrected chi connectivity index (χ0v) is 10.4. The fourth-order valence-corrected chi connectivity index (χ4v) is 2.47. The molecule has 1 aromatic rings. The molecule has 0 radical (unpaired) electrons. The Labute approximate surface area is 104 Å². The molecule has 17 heavy (non-hydrogen) atoms. The van der Waals surface area contributed by atoms with Gasteiger partial charge in [0.2, 0.25) is 0 Å². The van der Waals surface area contributed by atoms with Crippen LogP contribution in [0.2, 0.25) is 0 Å². The second-order valence-electron chi connectivity index (χ2n) is 4.87. The molecule has 2 rings (SSSR count). The molecule has 3 N–H and O–H groups in total. The smallest absolute Gasteiger partial charge is 0.0233 e. The summed E-state index contributed by atoms with van der Waals surface area (Å²) in [5, 5.41) is 3.41. The molecule has 1 saturated heterocycles. The summed E-state index contributed by atoms with van der Waals surface area (Å²) in [7, 11) is 0. The molecule has 3 heteroatoms. The van der Waals surface area contributed by atoms with Gasteiger partial charge in [-0.15, -0.1) is 0 Å². The Morgan fingerprint density at radius 3 is 2.88 bits per heavy atom. The molecule has 3 nitrogen and oxygen atoms in total. The van der Waals surface area contributed by atoms with Crippen LogP contribution in [0, 0.1) is 5.92 Å². The van der Waals surface area contributed by atoms with Crippen molar-refractivity contribution in [2.45, 2.75) is 13.0 Å². The lowest BCUT2D eigenvalue weighted by Crippen LogP contribution is -2.29. The quantitative estimate of drug-likeness (QED) is 0.722. The number of benzene rings is 1. The van der Waals surface area contributed by atoms with Gasteiger partial charge in [-0.2, -0.15) is 0 Å². The number of nitrogens with two attached hydrogens (primary N) is 1. The zero-order chi connectivity index (χ0) is 11.9. The number of nitrogens with zero attached hydrogens (tertiary/aromatic N) is 1. The van der Waals surface area contributed by atoms with Crippen molar-refractivity contribution in [2.24, 2.45) is 11.7 Å². The van der Waals surface area contributed by atoms with E-state index in [0.29, 0.717) is 0 Å². The van der Waals surface area contributed by atoms with Gasteiger partial charge in [0.25, 0.3) is 0 Å². The second-order valence-corrected chi connectivity index (χ2v) is 4.87. The summed E-state index contributed by atoms with van der Waals surface area (Å²) in [6, 6.07) is 10.7. The first kappa shape index (κ1) is 12.6. The van der Waals surface area contributed by atoms with Crippen molar-refractivity contribution >= 4 is 0 Å². The lowest BCUT2D eigenvalue weighted by molar-refractivity contribution is 0.314. The van der Waals surface area contributed by atoms with Gasteiger partial charge in [-0.05, 0) is 31.0 Å². The Hall–Kier alpha value is -0.900. The molecule has 1 aliphatic rings. The van der Waals surface area contributed by atoms with Crippen LogP contribution in [0.4, 0.5) is 0 Å². The summed E-state index contributed by atoms with van der Waals surface area (Å²) >= 11 is 0. The summed E-state index contributed by atoms with van der Waals surface area (Å²) in [4.78, 5) is 2.55. The fourth-order valence-electron chi connectivity index (χ4n) is 2.47. The molecule has 0 spiro atoms. The normalized spacial score (nSPS) is 20.9. The monoisotopic (exact) mass is 233 g/mol. The standard InChI is InChI=1S/C14H23N3/c15-7-8-16-10-14-6-9-17(12-14)11-13-4-2-1-3-5-13/h1-5,14,16H,6-12,15H2. The van der Waals surface area contributed by atoms with Gasteiger partial charge in [0.1, 0.15) is 0 Å². The van der Waals surface area contributed by atoms with Crippen LogP contribution in [-0.4, -0.2) is 37.6 Å². The highest BCUT2D eigenvalue weighted by Gasteiger charge is 2.21. The first-order chi connectivity index (χ1) is 8.38. The number of nitrogens with one attached hydrogen (secondary N) is 1. The first-order valence-electron chi connectivity index (χ1n) is 6.55. The zero-order valence-electron chi connectivity index (χ0n) is 10.4. The van der Waals surface area contributed by atoms with E-state index < -0.39 is 0 Å². The van der Waals surface area contributed by atoms with E-state index in [2.05, 4.69) is 40.5 Å². The van der Waals surface area contributed by atoms with E-state index in [9.17, 15) is 0 Å². The van der Waals surface area contributed by atoms with E-state index in [-0.39, 0.29) is 0 Å². The third-order valence-electron chi connectivity index (χ3n) is 3.37. The Balaban J connectivity index is 1.71. The first-order valence-corrected chi connectivity index (χ1v) is 6.55. The third-order valence-corrected chi connectivity index (χ3v) is 3.37. The molecular formula is C14H23N3. The van der Waals surface area contributed by atoms with Crippen molar-refractivity contribution < 1.29 is 0 Å². The van der Waals surface area contributed by atoms with E-state index in [1.54, 1.807) is 0 Å². The van der Waals surface area contributed by atoms with E-state index in [0.717, 1.165) is 32.1 Å². The van der Waals surface area contributed by atoms with E-state index in [4.69, 9.17) is 5.73 Å². The predicted molar refractivity (Wildman–Crippen MR) is 71.8 cm³/mol. The average Bonchev–Trinajstić information content (AvgIpc) is 2.79. The van der Waals surface area contributed by atoms with Crippen LogP contribution in [0.3, 0.4) is 0 Å². The second kappa shape index (κ2) is 6.74. The maximum absolute atomic E-state index is 5.47. The minimum Gasteiger partial charge on any atom is -0.329 e. The van der Waals surface area contributed by atoms with Gasteiger partial charge in [0, 0.05) is 26.2 Å². The molecule has 1 aromatic carbocycles. The Kier molecular flexibility index (Phi) is 4.98. The lowest BCUT2D eigenvalue weighted by Gasteiger charge is -2.16. The van der Waals surface area contributed by atoms with E-state index in [1.165, 1.54) is 25.1 Å². The van der Waals surface area contributed by atoms with Gasteiger partial charge < -0.3 is 11.1 Å². The van der Waals surface area contributed by atoms with Gasteiger partial charge >= 0.3 is 0 Å². The highest BCUT2D eigenvalue weighted by atomic mass is 15.1. The van der Waals surface area contributed by atoms with Crippen molar-refractivity contribution in [3.63, 3.8) is 0 Å². The molecule has 1 atom stereocenters. The van der Waals surface area contributed by atoms with Crippen LogP contribution >= 0.6 is 0 Å². The van der Waals surface area contributed by atoms with Crippen LogP contribution < -0.4 is 11.1 Å². The Morgan fingerprint density at radius 2 is 2.12 bits per heavy atom. The summed E-state index contributed by atoms with van der Waals surface area (Å²) in [5.41, 5.74) is 6.89. The Bertz CT molecular complexity index is 313. The van der Waals surface area contributed by atoms with Gasteiger partial charge in [0.05, 0.1) is 0 Å². The van der Waals surface area contributed by atoms with Gasteiger partial charge in [0.15, 0.2) is 0 Å². The van der Waals surface area contributed by atoms with E-state index >= 15 is 0 Å². The number of likely N-dealkylation sites (tertiary alicyclic amines) is 1. The molecule has 0 aliphatic carbocycles. The van der Waals surface area contributed by atoms with Gasteiger partial charge in [-0.25, -0.2) is 0 Å². The lowest BCUT2D eigenvalue weighted by atomic mass is 10.1. The molecular weight excluding hydrogens is 210 g/mol. The maximum atomic E-state index is 5.47. The van der Waals surface area contributed by atoms with Gasteiger partial charge in [-0.3, -0.25) is 4.90 Å². The summed E-state index contributed by atoms with van der Waals surface area (Å²) in [6.45, 7) is 6.32. The van der Waals surface area contributed by atoms with Crippen LogP contribution in [-0.2, 0) is 6.54 Å². The fraction of sp³-hybridized carbons (Fsp3) is 0.571. The minimum atomic E-state index is 0.737. The van der Waals surface area contributed by atoms with Crippen LogP contribution in [0.1, 0.15) is 12.0 Å². The summed E-state index contributed by atoms with van der Waals surface area (Å²) in [5.74, 6) is 0.797. The molecule has 0 saturated carbocycles. The molecule has 0 amide bonds. The van der Waals surface area contributed by atoms with Crippen molar-refractivity contribution in [1.82, 2.24) is 10.2 Å². The van der Waals surface area contributed by atoms with Crippen molar-refractivity contribution in [3.8, 4) is 0 Å².